The fraction of sp³-hybridized carbons (Fsp3) is 0.515. The average molecular weight is 575 g/mol. The quantitative estimate of drug-likeness (QED) is 0.112. The van der Waals surface area contributed by atoms with Crippen LogP contribution >= 0.6 is 0 Å². The second-order valence-electron chi connectivity index (χ2n) is 10.4. The van der Waals surface area contributed by atoms with Gasteiger partial charge in [-0.3, -0.25) is 0 Å². The van der Waals surface area contributed by atoms with Crippen LogP contribution in [0.1, 0.15) is 90.0 Å². The van der Waals surface area contributed by atoms with Crippen molar-refractivity contribution in [2.24, 2.45) is 0 Å². The lowest BCUT2D eigenvalue weighted by molar-refractivity contribution is -0.225. The molecule has 0 spiro atoms. The number of benzene rings is 2. The SMILES string of the molecule is CCCCCCCCOc1ccc(-c2cnc(-c3ccc(COC(CCCCCC)C(F)(F)F)cc3)nc2)cc1F. The molecule has 4 nitrogen and oxygen atoms in total. The standard InChI is InChI=1S/C33H42F4N2O2/c1-3-5-7-9-10-12-20-40-30-19-18-27(21-29(30)34)28-22-38-32(39-23-28)26-16-14-25(15-17-26)24-41-31(33(35,36)37)13-11-8-6-4-2/h14-19,21-23,31H,3-13,20,24H2,1-2H3. The molecule has 3 aromatic rings. The molecule has 2 aromatic carbocycles. The lowest BCUT2D eigenvalue weighted by Crippen LogP contribution is -2.31. The molecular weight excluding hydrogens is 532 g/mol. The van der Waals surface area contributed by atoms with Gasteiger partial charge in [0.1, 0.15) is 0 Å². The second kappa shape index (κ2) is 17.1. The molecule has 0 aliphatic heterocycles. The summed E-state index contributed by atoms with van der Waals surface area (Å²) >= 11 is 0. The van der Waals surface area contributed by atoms with Gasteiger partial charge in [0.25, 0.3) is 0 Å². The molecule has 1 aromatic heterocycles. The van der Waals surface area contributed by atoms with E-state index in [1.54, 1.807) is 48.8 Å². The number of unbranched alkanes of at least 4 members (excludes halogenated alkanes) is 8. The fourth-order valence-electron chi connectivity index (χ4n) is 4.53. The Balaban J connectivity index is 1.52. The van der Waals surface area contributed by atoms with Crippen molar-refractivity contribution >= 4 is 0 Å². The third kappa shape index (κ3) is 11.1. The molecular formula is C33H42F4N2O2. The van der Waals surface area contributed by atoms with Gasteiger partial charge in [0.15, 0.2) is 23.5 Å². The second-order valence-corrected chi connectivity index (χ2v) is 10.4. The fourth-order valence-corrected chi connectivity index (χ4v) is 4.53. The third-order valence-electron chi connectivity index (χ3n) is 7.02. The average Bonchev–Trinajstić information content (AvgIpc) is 2.97. The minimum Gasteiger partial charge on any atom is -0.491 e. The van der Waals surface area contributed by atoms with Gasteiger partial charge in [-0.2, -0.15) is 13.2 Å². The van der Waals surface area contributed by atoms with Crippen LogP contribution in [-0.4, -0.2) is 28.9 Å². The molecule has 1 unspecified atom stereocenters. The minimum atomic E-state index is -4.38. The van der Waals surface area contributed by atoms with Gasteiger partial charge < -0.3 is 9.47 Å². The van der Waals surface area contributed by atoms with Gasteiger partial charge in [0, 0.05) is 23.5 Å². The first-order valence-electron chi connectivity index (χ1n) is 14.8. The molecule has 0 saturated heterocycles. The number of ether oxygens (including phenoxy) is 2. The van der Waals surface area contributed by atoms with Crippen molar-refractivity contribution in [3.05, 3.63) is 66.2 Å². The van der Waals surface area contributed by atoms with E-state index >= 15 is 0 Å². The first-order chi connectivity index (χ1) is 19.8. The Kier molecular flexibility index (Phi) is 13.5. The van der Waals surface area contributed by atoms with Crippen molar-refractivity contribution in [3.8, 4) is 28.3 Å². The molecule has 0 fully saturated rings. The summed E-state index contributed by atoms with van der Waals surface area (Å²) in [5.74, 6) is 0.274. The first-order valence-corrected chi connectivity index (χ1v) is 14.8. The van der Waals surface area contributed by atoms with Crippen LogP contribution in [0.25, 0.3) is 22.5 Å². The van der Waals surface area contributed by atoms with E-state index in [-0.39, 0.29) is 18.8 Å². The molecule has 0 radical (unpaired) electrons. The van der Waals surface area contributed by atoms with Gasteiger partial charge in [-0.25, -0.2) is 14.4 Å². The van der Waals surface area contributed by atoms with E-state index < -0.39 is 18.1 Å². The van der Waals surface area contributed by atoms with E-state index in [0.717, 1.165) is 37.7 Å². The maximum Gasteiger partial charge on any atom is 0.414 e. The van der Waals surface area contributed by atoms with Crippen LogP contribution in [0.4, 0.5) is 17.6 Å². The Bertz CT molecular complexity index is 1150. The maximum absolute atomic E-state index is 14.6. The molecule has 0 aliphatic rings. The van der Waals surface area contributed by atoms with Gasteiger partial charge in [-0.1, -0.05) is 102 Å². The van der Waals surface area contributed by atoms with E-state index in [1.807, 2.05) is 6.92 Å². The summed E-state index contributed by atoms with van der Waals surface area (Å²) in [6.45, 7) is 4.58. The summed E-state index contributed by atoms with van der Waals surface area (Å²) < 4.78 is 65.6. The van der Waals surface area contributed by atoms with Gasteiger partial charge in [-0.05, 0) is 36.1 Å². The predicted octanol–water partition coefficient (Wildman–Crippen LogP) is 10.1. The zero-order chi connectivity index (χ0) is 29.5. The Morgan fingerprint density at radius 2 is 1.34 bits per heavy atom. The number of alkyl halides is 3. The summed E-state index contributed by atoms with van der Waals surface area (Å²) in [6.07, 6.45) is 7.07. The van der Waals surface area contributed by atoms with Crippen LogP contribution < -0.4 is 4.74 Å². The number of aromatic nitrogens is 2. The summed E-state index contributed by atoms with van der Waals surface area (Å²) in [6, 6.07) is 11.8. The molecule has 8 heteroatoms. The Morgan fingerprint density at radius 3 is 1.98 bits per heavy atom. The van der Waals surface area contributed by atoms with Crippen LogP contribution in [0.3, 0.4) is 0 Å². The summed E-state index contributed by atoms with van der Waals surface area (Å²) in [4.78, 5) is 8.82. The Morgan fingerprint density at radius 1 is 0.732 bits per heavy atom. The highest BCUT2D eigenvalue weighted by Crippen LogP contribution is 2.29. The van der Waals surface area contributed by atoms with E-state index in [0.29, 0.717) is 35.5 Å². The van der Waals surface area contributed by atoms with E-state index in [4.69, 9.17) is 9.47 Å². The maximum atomic E-state index is 14.6. The Labute approximate surface area is 241 Å². The molecule has 1 atom stereocenters. The third-order valence-corrected chi connectivity index (χ3v) is 7.02. The molecule has 1 heterocycles. The van der Waals surface area contributed by atoms with Crippen molar-refractivity contribution in [1.82, 2.24) is 9.97 Å². The molecule has 0 bridgehead atoms. The van der Waals surface area contributed by atoms with Crippen LogP contribution in [0.5, 0.6) is 5.75 Å². The first kappa shape index (κ1) is 32.5. The molecule has 41 heavy (non-hydrogen) atoms. The number of hydrogen-bond donors (Lipinski definition) is 0. The highest BCUT2D eigenvalue weighted by atomic mass is 19.4. The van der Waals surface area contributed by atoms with Gasteiger partial charge >= 0.3 is 6.18 Å². The number of rotatable bonds is 18. The lowest BCUT2D eigenvalue weighted by atomic mass is 10.1. The van der Waals surface area contributed by atoms with Crippen LogP contribution in [0.2, 0.25) is 0 Å². The smallest absolute Gasteiger partial charge is 0.414 e. The van der Waals surface area contributed by atoms with Crippen LogP contribution in [0.15, 0.2) is 54.9 Å². The van der Waals surface area contributed by atoms with Gasteiger partial charge in [-0.15, -0.1) is 0 Å². The zero-order valence-electron chi connectivity index (χ0n) is 24.2. The van der Waals surface area contributed by atoms with Gasteiger partial charge in [0.05, 0.1) is 13.2 Å². The largest absolute Gasteiger partial charge is 0.491 e. The van der Waals surface area contributed by atoms with Crippen molar-refractivity contribution in [2.75, 3.05) is 6.61 Å². The highest BCUT2D eigenvalue weighted by Gasteiger charge is 2.40. The van der Waals surface area contributed by atoms with E-state index in [9.17, 15) is 17.6 Å². The lowest BCUT2D eigenvalue weighted by Gasteiger charge is -2.21. The number of halogens is 4. The zero-order valence-corrected chi connectivity index (χ0v) is 24.2. The summed E-state index contributed by atoms with van der Waals surface area (Å²) in [5.41, 5.74) is 2.67. The van der Waals surface area contributed by atoms with E-state index in [2.05, 4.69) is 16.9 Å². The topological polar surface area (TPSA) is 44.2 Å². The van der Waals surface area contributed by atoms with Crippen molar-refractivity contribution in [3.63, 3.8) is 0 Å². The molecule has 0 aliphatic carbocycles. The van der Waals surface area contributed by atoms with Crippen molar-refractivity contribution in [1.29, 1.82) is 0 Å². The molecule has 0 N–H and O–H groups in total. The highest BCUT2D eigenvalue weighted by molar-refractivity contribution is 5.64. The van der Waals surface area contributed by atoms with Crippen LogP contribution in [-0.2, 0) is 11.3 Å². The molecule has 224 valence electrons. The Hall–Kier alpha value is -3.00. The molecule has 3 rings (SSSR count). The normalized spacial score (nSPS) is 12.4. The monoisotopic (exact) mass is 574 g/mol. The molecule has 0 saturated carbocycles. The van der Waals surface area contributed by atoms with Crippen molar-refractivity contribution < 1.29 is 27.0 Å². The van der Waals surface area contributed by atoms with Crippen LogP contribution in [0, 0.1) is 5.82 Å². The minimum absolute atomic E-state index is 0.0272. The predicted molar refractivity (Wildman–Crippen MR) is 155 cm³/mol. The molecule has 0 amide bonds. The van der Waals surface area contributed by atoms with Crippen molar-refractivity contribution in [2.45, 2.75) is 103 Å². The summed E-state index contributed by atoms with van der Waals surface area (Å²) in [5, 5.41) is 0. The summed E-state index contributed by atoms with van der Waals surface area (Å²) in [7, 11) is 0. The number of nitrogens with zero attached hydrogens (tertiary/aromatic N) is 2. The van der Waals surface area contributed by atoms with Gasteiger partial charge in [0.2, 0.25) is 0 Å². The number of hydrogen-bond acceptors (Lipinski definition) is 4. The van der Waals surface area contributed by atoms with E-state index in [1.165, 1.54) is 31.7 Å².